The largest absolute Gasteiger partial charge is 0.368 e. The van der Waals surface area contributed by atoms with Gasteiger partial charge in [-0.05, 0) is 6.92 Å². The molecule has 0 aliphatic heterocycles. The van der Waals surface area contributed by atoms with Gasteiger partial charge in [-0.3, -0.25) is 0 Å². The van der Waals surface area contributed by atoms with E-state index in [1.807, 2.05) is 6.92 Å². The van der Waals surface area contributed by atoms with Gasteiger partial charge in [0.1, 0.15) is 18.2 Å². The summed E-state index contributed by atoms with van der Waals surface area (Å²) >= 11 is 1.13. The Labute approximate surface area is 99.0 Å². The van der Waals surface area contributed by atoms with Crippen LogP contribution in [0.2, 0.25) is 0 Å². The minimum atomic E-state index is -4.13. The van der Waals surface area contributed by atoms with Crippen LogP contribution in [0.5, 0.6) is 0 Å². The van der Waals surface area contributed by atoms with Crippen molar-refractivity contribution in [3.63, 3.8) is 0 Å². The number of alkyl halides is 4. The number of aromatic nitrogens is 2. The maximum Gasteiger partial charge on any atom is 0.330 e. The number of hydrogen-bond acceptors (Lipinski definition) is 5. The smallest absolute Gasteiger partial charge is 0.330 e. The van der Waals surface area contributed by atoms with Crippen molar-refractivity contribution in [2.45, 2.75) is 25.9 Å². The van der Waals surface area contributed by atoms with Gasteiger partial charge in [-0.15, -0.1) is 10.2 Å². The molecule has 1 aromatic rings. The van der Waals surface area contributed by atoms with Crippen molar-refractivity contribution in [2.24, 2.45) is 0 Å². The van der Waals surface area contributed by atoms with E-state index in [2.05, 4.69) is 20.3 Å². The average molecular weight is 273 g/mol. The third-order valence-corrected chi connectivity index (χ3v) is 2.49. The van der Waals surface area contributed by atoms with E-state index in [1.165, 1.54) is 0 Å². The molecule has 0 bridgehead atoms. The van der Waals surface area contributed by atoms with Crippen LogP contribution in [0.3, 0.4) is 0 Å². The fourth-order valence-corrected chi connectivity index (χ4v) is 1.62. The second-order valence-electron chi connectivity index (χ2n) is 3.09. The molecule has 1 rings (SSSR count). The Bertz CT molecular complexity index is 347. The number of rotatable bonds is 7. The molecule has 0 radical (unpaired) electrons. The molecule has 1 N–H and O–H groups in total. The SMILES string of the molecule is CCNc1nnc(COCC(F)(F)C(F)F)s1. The zero-order valence-electron chi connectivity index (χ0n) is 8.92. The lowest BCUT2D eigenvalue weighted by Gasteiger charge is -2.14. The van der Waals surface area contributed by atoms with Crippen LogP contribution in [0.4, 0.5) is 22.7 Å². The van der Waals surface area contributed by atoms with E-state index < -0.39 is 19.0 Å². The van der Waals surface area contributed by atoms with Crippen molar-refractivity contribution < 1.29 is 22.3 Å². The molecular formula is C8H11F4N3OS. The summed E-state index contributed by atoms with van der Waals surface area (Å²) in [4.78, 5) is 0. The highest BCUT2D eigenvalue weighted by molar-refractivity contribution is 7.15. The van der Waals surface area contributed by atoms with Gasteiger partial charge >= 0.3 is 12.3 Å². The van der Waals surface area contributed by atoms with E-state index in [0.29, 0.717) is 16.7 Å². The highest BCUT2D eigenvalue weighted by Crippen LogP contribution is 2.24. The number of hydrogen-bond donors (Lipinski definition) is 1. The zero-order valence-corrected chi connectivity index (χ0v) is 9.74. The van der Waals surface area contributed by atoms with Crippen LogP contribution in [-0.4, -0.2) is 35.7 Å². The summed E-state index contributed by atoms with van der Waals surface area (Å²) in [6.07, 6.45) is -3.73. The van der Waals surface area contributed by atoms with Crippen LogP contribution in [0, 0.1) is 0 Å². The summed E-state index contributed by atoms with van der Waals surface area (Å²) in [5, 5.41) is 11.1. The summed E-state index contributed by atoms with van der Waals surface area (Å²) < 4.78 is 53.0. The number of halogens is 4. The lowest BCUT2D eigenvalue weighted by molar-refractivity contribution is -0.168. The Morgan fingerprint density at radius 3 is 2.71 bits per heavy atom. The van der Waals surface area contributed by atoms with Crippen molar-refractivity contribution in [1.82, 2.24) is 10.2 Å². The van der Waals surface area contributed by atoms with Crippen LogP contribution in [0.1, 0.15) is 11.9 Å². The molecule has 0 fully saturated rings. The lowest BCUT2D eigenvalue weighted by Crippen LogP contribution is -2.32. The van der Waals surface area contributed by atoms with Crippen LogP contribution in [0.25, 0.3) is 0 Å². The van der Waals surface area contributed by atoms with Crippen LogP contribution >= 0.6 is 11.3 Å². The van der Waals surface area contributed by atoms with Gasteiger partial charge in [-0.2, -0.15) is 8.78 Å². The van der Waals surface area contributed by atoms with Crippen molar-refractivity contribution in [2.75, 3.05) is 18.5 Å². The van der Waals surface area contributed by atoms with Crippen LogP contribution in [-0.2, 0) is 11.3 Å². The molecule has 0 aromatic carbocycles. The summed E-state index contributed by atoms with van der Waals surface area (Å²) in [7, 11) is 0. The first-order valence-corrected chi connectivity index (χ1v) is 5.57. The summed E-state index contributed by atoms with van der Waals surface area (Å²) in [5.41, 5.74) is 0. The molecular weight excluding hydrogens is 262 g/mol. The summed E-state index contributed by atoms with van der Waals surface area (Å²) in [5.74, 6) is -4.13. The predicted octanol–water partition coefficient (Wildman–Crippen LogP) is 2.39. The predicted molar refractivity (Wildman–Crippen MR) is 54.7 cm³/mol. The molecule has 0 amide bonds. The topological polar surface area (TPSA) is 47.0 Å². The Morgan fingerprint density at radius 2 is 2.12 bits per heavy atom. The third-order valence-electron chi connectivity index (χ3n) is 1.63. The molecule has 4 nitrogen and oxygen atoms in total. The molecule has 0 atom stereocenters. The Hall–Kier alpha value is -0.960. The van der Waals surface area contributed by atoms with Crippen molar-refractivity contribution >= 4 is 16.5 Å². The molecule has 0 saturated heterocycles. The Morgan fingerprint density at radius 1 is 1.41 bits per heavy atom. The minimum absolute atomic E-state index is 0.259. The Kier molecular flexibility index (Phi) is 5.06. The molecule has 9 heteroatoms. The third kappa shape index (κ3) is 4.43. The van der Waals surface area contributed by atoms with Gasteiger partial charge in [0.15, 0.2) is 0 Å². The molecule has 0 aliphatic carbocycles. The van der Waals surface area contributed by atoms with Gasteiger partial charge in [0.2, 0.25) is 5.13 Å². The van der Waals surface area contributed by atoms with E-state index in [0.717, 1.165) is 11.3 Å². The van der Waals surface area contributed by atoms with Gasteiger partial charge in [0, 0.05) is 6.54 Å². The highest BCUT2D eigenvalue weighted by atomic mass is 32.1. The Balaban J connectivity index is 2.35. The molecule has 0 spiro atoms. The second-order valence-corrected chi connectivity index (χ2v) is 4.15. The number of nitrogens with one attached hydrogen (secondary N) is 1. The normalized spacial score (nSPS) is 12.1. The summed E-state index contributed by atoms with van der Waals surface area (Å²) in [6.45, 7) is 0.922. The number of nitrogens with zero attached hydrogens (tertiary/aromatic N) is 2. The van der Waals surface area contributed by atoms with Gasteiger partial charge in [0.25, 0.3) is 0 Å². The van der Waals surface area contributed by atoms with E-state index >= 15 is 0 Å². The van der Waals surface area contributed by atoms with Crippen molar-refractivity contribution in [1.29, 1.82) is 0 Å². The van der Waals surface area contributed by atoms with E-state index in [4.69, 9.17) is 0 Å². The quantitative estimate of drug-likeness (QED) is 0.775. The van der Waals surface area contributed by atoms with Gasteiger partial charge in [-0.1, -0.05) is 11.3 Å². The van der Waals surface area contributed by atoms with Gasteiger partial charge in [-0.25, -0.2) is 8.78 Å². The van der Waals surface area contributed by atoms with Crippen molar-refractivity contribution in [3.05, 3.63) is 5.01 Å². The molecule has 0 saturated carbocycles. The zero-order chi connectivity index (χ0) is 12.9. The molecule has 17 heavy (non-hydrogen) atoms. The van der Waals surface area contributed by atoms with E-state index in [1.54, 1.807) is 0 Å². The fourth-order valence-electron chi connectivity index (χ4n) is 0.872. The van der Waals surface area contributed by atoms with Crippen LogP contribution < -0.4 is 5.32 Å². The molecule has 1 aromatic heterocycles. The standard InChI is InChI=1S/C8H11F4N3OS/c1-2-13-7-15-14-5(17-7)3-16-4-8(11,12)6(9)10/h6H,2-4H2,1H3,(H,13,15). The summed E-state index contributed by atoms with van der Waals surface area (Å²) in [6, 6.07) is 0. The van der Waals surface area contributed by atoms with E-state index in [-0.39, 0.29) is 6.61 Å². The molecule has 0 unspecified atom stereocenters. The van der Waals surface area contributed by atoms with Crippen LogP contribution in [0.15, 0.2) is 0 Å². The van der Waals surface area contributed by atoms with Gasteiger partial charge < -0.3 is 10.1 Å². The molecule has 98 valence electrons. The number of ether oxygens (including phenoxy) is 1. The number of anilines is 1. The maximum absolute atomic E-state index is 12.5. The lowest BCUT2D eigenvalue weighted by atomic mass is 10.4. The minimum Gasteiger partial charge on any atom is -0.368 e. The average Bonchev–Trinajstić information content (AvgIpc) is 2.66. The van der Waals surface area contributed by atoms with E-state index in [9.17, 15) is 17.6 Å². The monoisotopic (exact) mass is 273 g/mol. The second kappa shape index (κ2) is 6.10. The molecule has 0 aliphatic rings. The maximum atomic E-state index is 12.5. The molecule has 1 heterocycles. The van der Waals surface area contributed by atoms with Crippen molar-refractivity contribution in [3.8, 4) is 0 Å². The fraction of sp³-hybridized carbons (Fsp3) is 0.750. The first kappa shape index (κ1) is 14.1. The first-order chi connectivity index (χ1) is 7.95. The highest BCUT2D eigenvalue weighted by Gasteiger charge is 2.40. The first-order valence-electron chi connectivity index (χ1n) is 4.75. The van der Waals surface area contributed by atoms with Gasteiger partial charge in [0.05, 0.1) is 0 Å².